The summed E-state index contributed by atoms with van der Waals surface area (Å²) >= 11 is 0. The first-order valence-corrected chi connectivity index (χ1v) is 13.4. The van der Waals surface area contributed by atoms with Crippen LogP contribution in [0.25, 0.3) is 22.4 Å². The number of esters is 1. The number of hydrogen-bond donors (Lipinski definition) is 1. The molecule has 0 aliphatic carbocycles. The van der Waals surface area contributed by atoms with Gasteiger partial charge in [0.1, 0.15) is 11.4 Å². The number of benzene rings is 1. The molecule has 0 aliphatic heterocycles. The molecule has 3 rings (SSSR count). The normalized spacial score (nSPS) is 13.7. The van der Waals surface area contributed by atoms with Crippen molar-refractivity contribution >= 4 is 17.0 Å². The molecule has 0 radical (unpaired) electrons. The topological polar surface area (TPSA) is 105 Å². The largest absolute Gasteiger partial charge is 0.460 e. The fourth-order valence-electron chi connectivity index (χ4n) is 4.91. The molecule has 1 N–H and O–H groups in total. The van der Waals surface area contributed by atoms with Gasteiger partial charge in [-0.15, -0.1) is 0 Å². The number of fused-ring (bicyclic) bond motifs is 1. The van der Waals surface area contributed by atoms with E-state index in [2.05, 4.69) is 16.7 Å². The van der Waals surface area contributed by atoms with Crippen LogP contribution in [0.2, 0.25) is 0 Å². The Kier molecular flexibility index (Phi) is 10.1. The maximum atomic E-state index is 12.6. The molecule has 0 saturated heterocycles. The Morgan fingerprint density at radius 3 is 2.36 bits per heavy atom. The van der Waals surface area contributed by atoms with Crippen molar-refractivity contribution in [2.24, 2.45) is 13.0 Å². The van der Waals surface area contributed by atoms with Crippen LogP contribution in [0.5, 0.6) is 0 Å². The van der Waals surface area contributed by atoms with Gasteiger partial charge >= 0.3 is 5.97 Å². The number of carbonyl (C=O) groups excluding carboxylic acids is 1. The second-order valence-corrected chi connectivity index (χ2v) is 11.3. The lowest BCUT2D eigenvalue weighted by Crippen LogP contribution is -2.33. The highest BCUT2D eigenvalue weighted by Crippen LogP contribution is 2.30. The zero-order valence-electron chi connectivity index (χ0n) is 24.5. The van der Waals surface area contributed by atoms with Gasteiger partial charge in [-0.25, -0.2) is 4.98 Å². The van der Waals surface area contributed by atoms with Crippen molar-refractivity contribution in [2.75, 3.05) is 27.4 Å². The molecule has 214 valence electrons. The van der Waals surface area contributed by atoms with Crippen LogP contribution < -0.4 is 5.56 Å². The lowest BCUT2D eigenvalue weighted by atomic mass is 9.95. The number of carbonyl (C=O) groups is 1. The third-order valence-corrected chi connectivity index (χ3v) is 6.73. The van der Waals surface area contributed by atoms with E-state index >= 15 is 0 Å². The van der Waals surface area contributed by atoms with Crippen LogP contribution in [0.1, 0.15) is 57.7 Å². The van der Waals surface area contributed by atoms with Gasteiger partial charge in [0.25, 0.3) is 5.56 Å². The summed E-state index contributed by atoms with van der Waals surface area (Å²) in [5.41, 5.74) is 3.68. The predicted octanol–water partition coefficient (Wildman–Crippen LogP) is 4.21. The molecular formula is C30H43N3O6. The highest BCUT2D eigenvalue weighted by Gasteiger charge is 2.28. The summed E-state index contributed by atoms with van der Waals surface area (Å²) in [7, 11) is 5.06. The van der Waals surface area contributed by atoms with Crippen LogP contribution in [-0.4, -0.2) is 64.3 Å². The Hall–Kier alpha value is -3.01. The molecule has 3 aromatic rings. The number of rotatable bonds is 12. The van der Waals surface area contributed by atoms with E-state index < -0.39 is 17.6 Å². The van der Waals surface area contributed by atoms with Crippen LogP contribution in [0, 0.1) is 12.8 Å². The Bertz CT molecular complexity index is 1300. The summed E-state index contributed by atoms with van der Waals surface area (Å²) < 4.78 is 20.2. The van der Waals surface area contributed by atoms with Gasteiger partial charge in [0.05, 0.1) is 42.3 Å². The lowest BCUT2D eigenvalue weighted by molar-refractivity contribution is -0.164. The molecule has 2 aromatic heterocycles. The highest BCUT2D eigenvalue weighted by molar-refractivity contribution is 5.81. The number of methoxy groups -OCH3 is 2. The average Bonchev–Trinajstić information content (AvgIpc) is 3.22. The standard InChI is InChI=1S/C30H43N3O6/c1-19-14-22(16-32(6)28(19)35)27-31-25-15-21(12-13-26(25)33(27)23(17-37-7)18-38-8)10-9-11-24(20(2)34)29(36)39-30(3,4)5/h12-16,20,23-24,34H,9-11,17-18H2,1-8H3/t20-,24+/m1/s1. The van der Waals surface area contributed by atoms with Crippen LogP contribution in [0.3, 0.4) is 0 Å². The number of aryl methyl sites for hydroxylation is 3. The first-order valence-electron chi connectivity index (χ1n) is 13.4. The summed E-state index contributed by atoms with van der Waals surface area (Å²) in [4.78, 5) is 29.9. The number of ether oxygens (including phenoxy) is 3. The van der Waals surface area contributed by atoms with Gasteiger partial charge in [-0.1, -0.05) is 6.07 Å². The highest BCUT2D eigenvalue weighted by atomic mass is 16.6. The third kappa shape index (κ3) is 7.56. The van der Waals surface area contributed by atoms with E-state index in [1.165, 1.54) is 0 Å². The summed E-state index contributed by atoms with van der Waals surface area (Å²) in [5, 5.41) is 10.2. The van der Waals surface area contributed by atoms with Crippen molar-refractivity contribution in [3.63, 3.8) is 0 Å². The zero-order chi connectivity index (χ0) is 28.9. The number of aliphatic hydroxyl groups excluding tert-OH is 1. The molecule has 0 bridgehead atoms. The monoisotopic (exact) mass is 541 g/mol. The molecule has 9 heteroatoms. The number of imidazole rings is 1. The van der Waals surface area contributed by atoms with E-state index in [-0.39, 0.29) is 17.6 Å². The number of pyridine rings is 1. The number of nitrogens with zero attached hydrogens (tertiary/aromatic N) is 3. The minimum absolute atomic E-state index is 0.0455. The number of hydrogen-bond acceptors (Lipinski definition) is 7. The molecule has 39 heavy (non-hydrogen) atoms. The zero-order valence-corrected chi connectivity index (χ0v) is 24.5. The summed E-state index contributed by atoms with van der Waals surface area (Å²) in [6.07, 6.45) is 2.97. The Morgan fingerprint density at radius 1 is 1.13 bits per heavy atom. The van der Waals surface area contributed by atoms with E-state index in [4.69, 9.17) is 19.2 Å². The van der Waals surface area contributed by atoms with E-state index in [0.29, 0.717) is 31.6 Å². The van der Waals surface area contributed by atoms with Gasteiger partial charge < -0.3 is 28.5 Å². The molecule has 0 amide bonds. The van der Waals surface area contributed by atoms with Crippen LogP contribution in [0.4, 0.5) is 0 Å². The molecule has 1 aromatic carbocycles. The van der Waals surface area contributed by atoms with Crippen molar-refractivity contribution in [1.82, 2.24) is 14.1 Å². The quantitative estimate of drug-likeness (QED) is 0.343. The molecule has 0 aliphatic rings. The second-order valence-electron chi connectivity index (χ2n) is 11.3. The van der Waals surface area contributed by atoms with E-state index in [0.717, 1.165) is 34.4 Å². The summed E-state index contributed by atoms with van der Waals surface area (Å²) in [5.74, 6) is -0.208. The average molecular weight is 542 g/mol. The molecular weight excluding hydrogens is 498 g/mol. The smallest absolute Gasteiger partial charge is 0.312 e. The predicted molar refractivity (Wildman–Crippen MR) is 152 cm³/mol. The SMILES string of the molecule is COCC(COC)n1c(-c2cc(C)c(=O)n(C)c2)nc2cc(CCC[C@H](C(=O)OC(C)(C)C)[C@@H](C)O)ccc21. The summed E-state index contributed by atoms with van der Waals surface area (Å²) in [6, 6.07) is 7.92. The number of aromatic nitrogens is 3. The van der Waals surface area contributed by atoms with Gasteiger partial charge in [-0.05, 0) is 77.6 Å². The molecule has 9 nitrogen and oxygen atoms in total. The van der Waals surface area contributed by atoms with Crippen molar-refractivity contribution in [2.45, 2.75) is 71.6 Å². The van der Waals surface area contributed by atoms with Crippen LogP contribution >= 0.6 is 0 Å². The minimum atomic E-state index is -0.788. The molecule has 2 atom stereocenters. The van der Waals surface area contributed by atoms with Gasteiger partial charge in [0, 0.05) is 38.6 Å². The summed E-state index contributed by atoms with van der Waals surface area (Å²) in [6.45, 7) is 9.78. The van der Waals surface area contributed by atoms with Gasteiger partial charge in [-0.3, -0.25) is 9.59 Å². The lowest BCUT2D eigenvalue weighted by Gasteiger charge is -2.25. The second kappa shape index (κ2) is 12.9. The van der Waals surface area contributed by atoms with E-state index in [9.17, 15) is 14.7 Å². The molecule has 0 spiro atoms. The van der Waals surface area contributed by atoms with Crippen molar-refractivity contribution in [3.8, 4) is 11.4 Å². The first-order chi connectivity index (χ1) is 18.4. The van der Waals surface area contributed by atoms with Crippen LogP contribution in [0.15, 0.2) is 35.3 Å². The maximum absolute atomic E-state index is 12.6. The van der Waals surface area contributed by atoms with E-state index in [1.54, 1.807) is 45.9 Å². The van der Waals surface area contributed by atoms with E-state index in [1.807, 2.05) is 32.9 Å². The van der Waals surface area contributed by atoms with Crippen molar-refractivity contribution in [3.05, 3.63) is 51.9 Å². The molecule has 2 heterocycles. The number of aliphatic hydroxyl groups is 1. The van der Waals surface area contributed by atoms with Gasteiger partial charge in [0.15, 0.2) is 0 Å². The Morgan fingerprint density at radius 2 is 1.79 bits per heavy atom. The van der Waals surface area contributed by atoms with Crippen molar-refractivity contribution in [1.29, 1.82) is 0 Å². The van der Waals surface area contributed by atoms with Crippen molar-refractivity contribution < 1.29 is 24.1 Å². The molecule has 0 fully saturated rings. The van der Waals surface area contributed by atoms with Crippen LogP contribution in [-0.2, 0) is 32.5 Å². The van der Waals surface area contributed by atoms with Gasteiger partial charge in [-0.2, -0.15) is 0 Å². The molecule has 0 saturated carbocycles. The molecule has 0 unspecified atom stereocenters. The Labute approximate surface area is 230 Å². The first kappa shape index (κ1) is 30.5. The maximum Gasteiger partial charge on any atom is 0.312 e. The Balaban J connectivity index is 1.94. The fraction of sp³-hybridized carbons (Fsp3) is 0.567. The van der Waals surface area contributed by atoms with Gasteiger partial charge in [0.2, 0.25) is 0 Å². The fourth-order valence-corrected chi connectivity index (χ4v) is 4.91. The third-order valence-electron chi connectivity index (χ3n) is 6.73. The minimum Gasteiger partial charge on any atom is -0.460 e.